The van der Waals surface area contributed by atoms with E-state index in [1.807, 2.05) is 0 Å². The molecule has 2 aliphatic heterocycles. The van der Waals surface area contributed by atoms with Crippen LogP contribution in [0, 0.1) is 24.7 Å². The zero-order valence-electron chi connectivity index (χ0n) is 16.2. The van der Waals surface area contributed by atoms with Gasteiger partial charge in [-0.05, 0) is 80.9 Å². The number of benzene rings is 1. The van der Waals surface area contributed by atoms with Gasteiger partial charge < -0.3 is 18.9 Å². The fourth-order valence-corrected chi connectivity index (χ4v) is 6.71. The molecule has 6 aliphatic rings. The third kappa shape index (κ3) is 3.05. The fraction of sp³-hybridized carbons (Fsp3) is 0.739. The fourth-order valence-electron chi connectivity index (χ4n) is 6.71. The topological polar surface area (TPSA) is 43.5 Å². The molecule has 1 aromatic rings. The largest absolute Gasteiger partial charge is 0.491 e. The lowest BCUT2D eigenvalue weighted by Crippen LogP contribution is -2.49. The summed E-state index contributed by atoms with van der Waals surface area (Å²) in [4.78, 5) is 0. The molecule has 0 radical (unpaired) electrons. The molecule has 1 aromatic carbocycles. The molecule has 0 amide bonds. The van der Waals surface area contributed by atoms with Crippen molar-refractivity contribution in [2.75, 3.05) is 26.4 Å². The van der Waals surface area contributed by atoms with E-state index in [1.54, 1.807) is 0 Å². The maximum absolute atomic E-state index is 6.32. The molecule has 6 fully saturated rings. The zero-order valence-corrected chi connectivity index (χ0v) is 16.2. The number of hydrogen-bond donors (Lipinski definition) is 0. The first-order valence-corrected chi connectivity index (χ1v) is 10.8. The average Bonchev–Trinajstić information content (AvgIpc) is 3.52. The predicted molar refractivity (Wildman–Crippen MR) is 101 cm³/mol. The summed E-state index contributed by atoms with van der Waals surface area (Å²) in [5, 5.41) is 0. The highest BCUT2D eigenvalue weighted by Crippen LogP contribution is 2.62. The van der Waals surface area contributed by atoms with Crippen LogP contribution >= 0.6 is 0 Å². The second-order valence-corrected chi connectivity index (χ2v) is 9.79. The molecule has 2 atom stereocenters. The van der Waals surface area contributed by atoms with Gasteiger partial charge in [0, 0.05) is 11.0 Å². The molecule has 146 valence electrons. The van der Waals surface area contributed by atoms with Gasteiger partial charge in [0.15, 0.2) is 0 Å². The normalized spacial score (nSPS) is 40.9. The van der Waals surface area contributed by atoms with Crippen molar-refractivity contribution in [2.45, 2.75) is 63.1 Å². The van der Waals surface area contributed by atoms with E-state index in [0.29, 0.717) is 18.6 Å². The summed E-state index contributed by atoms with van der Waals surface area (Å²) < 4.78 is 23.2. The molecular weight excluding hydrogens is 340 g/mol. The van der Waals surface area contributed by atoms with E-state index in [2.05, 4.69) is 19.1 Å². The lowest BCUT2D eigenvalue weighted by molar-refractivity contribution is -0.00686. The van der Waals surface area contributed by atoms with Gasteiger partial charge in [-0.1, -0.05) is 0 Å². The molecule has 4 saturated carbocycles. The molecule has 2 heterocycles. The molecule has 4 heteroatoms. The quantitative estimate of drug-likeness (QED) is 0.680. The molecule has 2 saturated heterocycles. The van der Waals surface area contributed by atoms with Crippen molar-refractivity contribution in [3.8, 4) is 11.5 Å². The smallest absolute Gasteiger partial charge is 0.123 e. The van der Waals surface area contributed by atoms with E-state index < -0.39 is 0 Å². The molecule has 0 spiro atoms. The Morgan fingerprint density at radius 1 is 0.852 bits per heavy atom. The first-order valence-electron chi connectivity index (χ1n) is 10.8. The standard InChI is InChI=1S/C23H30O4/c1-14-20(26-12-18-10-24-18)2-3-21(27-13-19-11-25-19)22(14)23-7-15-4-16(8-23)6-17(5-15)9-23/h2-3,15-19H,4-13H2,1H3. The second-order valence-electron chi connectivity index (χ2n) is 9.79. The van der Waals surface area contributed by atoms with Crippen LogP contribution in [0.25, 0.3) is 0 Å². The van der Waals surface area contributed by atoms with Crippen molar-refractivity contribution < 1.29 is 18.9 Å². The summed E-state index contributed by atoms with van der Waals surface area (Å²) in [7, 11) is 0. The number of rotatable bonds is 7. The molecular formula is C23H30O4. The molecule has 0 N–H and O–H groups in total. The van der Waals surface area contributed by atoms with Gasteiger partial charge in [-0.25, -0.2) is 0 Å². The van der Waals surface area contributed by atoms with Crippen molar-refractivity contribution in [3.63, 3.8) is 0 Å². The van der Waals surface area contributed by atoms with E-state index in [9.17, 15) is 0 Å². The van der Waals surface area contributed by atoms with Crippen LogP contribution in [0.1, 0.15) is 49.7 Å². The average molecular weight is 370 g/mol. The zero-order chi connectivity index (χ0) is 18.0. The van der Waals surface area contributed by atoms with Crippen molar-refractivity contribution in [1.29, 1.82) is 0 Å². The highest BCUT2D eigenvalue weighted by molar-refractivity contribution is 5.53. The Labute approximate surface area is 161 Å². The van der Waals surface area contributed by atoms with Gasteiger partial charge in [0.1, 0.15) is 36.9 Å². The molecule has 0 aromatic heterocycles. The monoisotopic (exact) mass is 370 g/mol. The van der Waals surface area contributed by atoms with Crippen LogP contribution < -0.4 is 9.47 Å². The van der Waals surface area contributed by atoms with Crippen LogP contribution in [-0.4, -0.2) is 38.6 Å². The highest BCUT2D eigenvalue weighted by Gasteiger charge is 2.53. The van der Waals surface area contributed by atoms with E-state index in [4.69, 9.17) is 18.9 Å². The van der Waals surface area contributed by atoms with Crippen molar-refractivity contribution in [1.82, 2.24) is 0 Å². The van der Waals surface area contributed by atoms with E-state index >= 15 is 0 Å². The first-order chi connectivity index (χ1) is 13.2. The van der Waals surface area contributed by atoms with E-state index in [-0.39, 0.29) is 12.2 Å². The number of epoxide rings is 2. The molecule has 4 aliphatic carbocycles. The SMILES string of the molecule is Cc1c(OCC2CO2)ccc(OCC2CO2)c1C12CC3CC(CC(C3)C1)C2. The Kier molecular flexibility index (Phi) is 3.78. The van der Waals surface area contributed by atoms with E-state index in [1.165, 1.54) is 49.7 Å². The minimum absolute atomic E-state index is 0.287. The Morgan fingerprint density at radius 2 is 1.33 bits per heavy atom. The Bertz CT molecular complexity index is 699. The summed E-state index contributed by atoms with van der Waals surface area (Å²) in [6, 6.07) is 4.26. The predicted octanol–water partition coefficient (Wildman–Crippen LogP) is 4.02. The number of ether oxygens (including phenoxy) is 4. The first kappa shape index (κ1) is 16.7. The van der Waals surface area contributed by atoms with Crippen LogP contribution in [-0.2, 0) is 14.9 Å². The van der Waals surface area contributed by atoms with Crippen molar-refractivity contribution in [3.05, 3.63) is 23.3 Å². The molecule has 27 heavy (non-hydrogen) atoms. The van der Waals surface area contributed by atoms with Gasteiger partial charge in [0.05, 0.1) is 13.2 Å². The minimum atomic E-state index is 0.287. The Balaban J connectivity index is 1.37. The minimum Gasteiger partial charge on any atom is -0.491 e. The third-order valence-electron chi connectivity index (χ3n) is 7.60. The number of hydrogen-bond acceptors (Lipinski definition) is 4. The van der Waals surface area contributed by atoms with Crippen LogP contribution in [0.4, 0.5) is 0 Å². The van der Waals surface area contributed by atoms with E-state index in [0.717, 1.165) is 42.5 Å². The van der Waals surface area contributed by atoms with Gasteiger partial charge in [-0.2, -0.15) is 0 Å². The summed E-state index contributed by atoms with van der Waals surface area (Å²) in [6.07, 6.45) is 8.97. The van der Waals surface area contributed by atoms with Crippen LogP contribution in [0.5, 0.6) is 11.5 Å². The Hall–Kier alpha value is -1.26. The van der Waals surface area contributed by atoms with Gasteiger partial charge in [-0.3, -0.25) is 0 Å². The summed E-state index contributed by atoms with van der Waals surface area (Å²) >= 11 is 0. The molecule has 4 bridgehead atoms. The van der Waals surface area contributed by atoms with Gasteiger partial charge >= 0.3 is 0 Å². The van der Waals surface area contributed by atoms with Crippen molar-refractivity contribution in [2.24, 2.45) is 17.8 Å². The Morgan fingerprint density at radius 3 is 1.85 bits per heavy atom. The van der Waals surface area contributed by atoms with Crippen molar-refractivity contribution >= 4 is 0 Å². The summed E-state index contributed by atoms with van der Waals surface area (Å²) in [6.45, 7) is 5.27. The summed E-state index contributed by atoms with van der Waals surface area (Å²) in [5.41, 5.74) is 3.05. The lowest BCUT2D eigenvalue weighted by atomic mass is 9.47. The van der Waals surface area contributed by atoms with Crippen LogP contribution in [0.15, 0.2) is 12.1 Å². The third-order valence-corrected chi connectivity index (χ3v) is 7.60. The van der Waals surface area contributed by atoms with Gasteiger partial charge in [0.2, 0.25) is 0 Å². The lowest BCUT2D eigenvalue weighted by Gasteiger charge is -2.57. The second kappa shape index (κ2) is 6.12. The maximum atomic E-state index is 6.32. The molecule has 7 rings (SSSR count). The van der Waals surface area contributed by atoms with Crippen LogP contribution in [0.2, 0.25) is 0 Å². The summed E-state index contributed by atoms with van der Waals surface area (Å²) in [5.74, 6) is 4.85. The highest BCUT2D eigenvalue weighted by atomic mass is 16.6. The molecule has 2 unspecified atom stereocenters. The maximum Gasteiger partial charge on any atom is 0.123 e. The molecule has 4 nitrogen and oxygen atoms in total. The van der Waals surface area contributed by atoms with Crippen LogP contribution in [0.3, 0.4) is 0 Å². The van der Waals surface area contributed by atoms with Gasteiger partial charge in [0.25, 0.3) is 0 Å². The van der Waals surface area contributed by atoms with Gasteiger partial charge in [-0.15, -0.1) is 0 Å².